The van der Waals surface area contributed by atoms with Crippen molar-refractivity contribution in [3.05, 3.63) is 0 Å². The van der Waals surface area contributed by atoms with E-state index >= 15 is 0 Å². The Kier molecular flexibility index (Phi) is 5.02. The van der Waals surface area contributed by atoms with E-state index in [1.54, 1.807) is 0 Å². The van der Waals surface area contributed by atoms with Crippen LogP contribution in [0.1, 0.15) is 41.5 Å². The molecule has 92 valence electrons. The van der Waals surface area contributed by atoms with E-state index in [2.05, 4.69) is 33.9 Å². The maximum atomic E-state index is 9.92. The molecule has 0 heterocycles. The fraction of sp³-hybridized carbons (Fsp3) is 1.00. The summed E-state index contributed by atoms with van der Waals surface area (Å²) in [5.74, 6) is 0.254. The van der Waals surface area contributed by atoms with Crippen LogP contribution in [0.15, 0.2) is 0 Å². The van der Waals surface area contributed by atoms with Crippen molar-refractivity contribution in [3.63, 3.8) is 0 Å². The Morgan fingerprint density at radius 1 is 1.07 bits per heavy atom. The molecule has 0 aromatic rings. The number of rotatable bonds is 4. The van der Waals surface area contributed by atoms with E-state index in [9.17, 15) is 5.11 Å². The highest BCUT2D eigenvalue weighted by Gasteiger charge is 2.39. The Bertz CT molecular complexity index is 194. The van der Waals surface area contributed by atoms with E-state index in [0.717, 1.165) is 0 Å². The molecule has 0 aliphatic carbocycles. The Balaban J connectivity index is 4.47. The van der Waals surface area contributed by atoms with Gasteiger partial charge in [0.15, 0.2) is 8.32 Å². The van der Waals surface area contributed by atoms with Crippen molar-refractivity contribution in [1.29, 1.82) is 0 Å². The molecule has 0 saturated carbocycles. The summed E-state index contributed by atoms with van der Waals surface area (Å²) < 4.78 is 6.11. The van der Waals surface area contributed by atoms with Crippen molar-refractivity contribution in [2.75, 3.05) is 0 Å². The number of aliphatic hydroxyl groups excluding tert-OH is 1. The first-order valence-corrected chi connectivity index (χ1v) is 8.75. The number of hydrogen-bond donors (Lipinski definition) is 1. The highest BCUT2D eigenvalue weighted by Crippen LogP contribution is 2.37. The van der Waals surface area contributed by atoms with Crippen molar-refractivity contribution >= 4 is 8.32 Å². The van der Waals surface area contributed by atoms with Gasteiger partial charge in [-0.1, -0.05) is 34.6 Å². The van der Waals surface area contributed by atoms with Crippen LogP contribution >= 0.6 is 0 Å². The van der Waals surface area contributed by atoms with Crippen LogP contribution in [0, 0.1) is 5.92 Å². The van der Waals surface area contributed by atoms with E-state index < -0.39 is 8.32 Å². The Morgan fingerprint density at radius 2 is 1.47 bits per heavy atom. The lowest BCUT2D eigenvalue weighted by Gasteiger charge is -2.40. The summed E-state index contributed by atoms with van der Waals surface area (Å²) in [4.78, 5) is 0. The van der Waals surface area contributed by atoms with E-state index in [-0.39, 0.29) is 23.2 Å². The van der Waals surface area contributed by atoms with Crippen molar-refractivity contribution in [2.45, 2.75) is 71.9 Å². The summed E-state index contributed by atoms with van der Waals surface area (Å²) in [5.41, 5.74) is 0. The zero-order valence-corrected chi connectivity index (χ0v) is 12.6. The van der Waals surface area contributed by atoms with Gasteiger partial charge in [0.05, 0.1) is 12.2 Å². The van der Waals surface area contributed by atoms with E-state index in [4.69, 9.17) is 4.43 Å². The predicted octanol–water partition coefficient (Wildman–Crippen LogP) is 3.41. The Labute approximate surface area is 96.2 Å². The lowest BCUT2D eigenvalue weighted by Crippen LogP contribution is -2.47. The average Bonchev–Trinajstić information content (AvgIpc) is 1.99. The third kappa shape index (κ3) is 4.25. The molecule has 0 aliphatic rings. The monoisotopic (exact) mass is 232 g/mol. The van der Waals surface area contributed by atoms with Gasteiger partial charge in [0.25, 0.3) is 0 Å². The minimum atomic E-state index is -1.74. The summed E-state index contributed by atoms with van der Waals surface area (Å²) >= 11 is 0. The Morgan fingerprint density at radius 3 is 1.73 bits per heavy atom. The molecule has 15 heavy (non-hydrogen) atoms. The molecular weight excluding hydrogens is 204 g/mol. The quantitative estimate of drug-likeness (QED) is 0.753. The molecule has 0 aromatic carbocycles. The minimum absolute atomic E-state index is 0.0640. The lowest BCUT2D eigenvalue weighted by molar-refractivity contribution is 0.00960. The first kappa shape index (κ1) is 15.1. The highest BCUT2D eigenvalue weighted by molar-refractivity contribution is 6.74. The van der Waals surface area contributed by atoms with Crippen molar-refractivity contribution in [1.82, 2.24) is 0 Å². The normalized spacial score (nSPS) is 18.0. The summed E-state index contributed by atoms with van der Waals surface area (Å²) in [5, 5.41) is 10.1. The molecule has 3 heteroatoms. The van der Waals surface area contributed by atoms with Gasteiger partial charge in [-0.05, 0) is 31.0 Å². The second-order valence-corrected chi connectivity index (χ2v) is 11.1. The molecular formula is C12H28O2Si. The predicted molar refractivity (Wildman–Crippen MR) is 68.6 cm³/mol. The van der Waals surface area contributed by atoms with Gasteiger partial charge < -0.3 is 9.53 Å². The topological polar surface area (TPSA) is 29.5 Å². The number of aliphatic hydroxyl groups is 1. The molecule has 0 rings (SSSR count). The van der Waals surface area contributed by atoms with E-state index in [1.807, 2.05) is 20.8 Å². The van der Waals surface area contributed by atoms with Gasteiger partial charge in [-0.3, -0.25) is 0 Å². The lowest BCUT2D eigenvalue weighted by atomic mass is 10.0. The zero-order chi connectivity index (χ0) is 12.4. The van der Waals surface area contributed by atoms with Crippen LogP contribution in [0.4, 0.5) is 0 Å². The van der Waals surface area contributed by atoms with Crippen LogP contribution in [0.3, 0.4) is 0 Å². The third-order valence-corrected chi connectivity index (χ3v) is 8.02. The van der Waals surface area contributed by atoms with Gasteiger partial charge in [0.1, 0.15) is 0 Å². The largest absolute Gasteiger partial charge is 0.412 e. The minimum Gasteiger partial charge on any atom is -0.412 e. The molecule has 0 bridgehead atoms. The number of hydrogen-bond acceptors (Lipinski definition) is 2. The fourth-order valence-corrected chi connectivity index (χ4v) is 2.68. The molecule has 0 unspecified atom stereocenters. The molecule has 0 aliphatic heterocycles. The maximum absolute atomic E-state index is 9.92. The summed E-state index contributed by atoms with van der Waals surface area (Å²) in [7, 11) is -1.74. The standard InChI is InChI=1S/C12H28O2Si/c1-9(2)11(13)10(3)14-15(7,8)12(4,5)6/h9-11,13H,1-8H3/t10-,11-/m1/s1. The summed E-state index contributed by atoms with van der Waals surface area (Å²) in [6.45, 7) is 17.1. The van der Waals surface area contributed by atoms with Gasteiger partial charge in [0.2, 0.25) is 0 Å². The first-order valence-electron chi connectivity index (χ1n) is 5.85. The molecule has 0 aromatic heterocycles. The highest BCUT2D eigenvalue weighted by atomic mass is 28.4. The fourth-order valence-electron chi connectivity index (χ4n) is 1.25. The van der Waals surface area contributed by atoms with Crippen LogP contribution in [0.5, 0.6) is 0 Å². The van der Waals surface area contributed by atoms with Gasteiger partial charge in [-0.25, -0.2) is 0 Å². The molecule has 0 spiro atoms. The third-order valence-electron chi connectivity index (χ3n) is 3.45. The molecule has 0 fully saturated rings. The zero-order valence-electron chi connectivity index (χ0n) is 11.6. The van der Waals surface area contributed by atoms with Crippen molar-refractivity contribution in [3.8, 4) is 0 Å². The first-order chi connectivity index (χ1) is 6.49. The molecule has 2 atom stereocenters. The molecule has 2 nitrogen and oxygen atoms in total. The van der Waals surface area contributed by atoms with Crippen molar-refractivity contribution < 1.29 is 9.53 Å². The smallest absolute Gasteiger partial charge is 0.192 e. The van der Waals surface area contributed by atoms with Gasteiger partial charge in [-0.15, -0.1) is 0 Å². The van der Waals surface area contributed by atoms with Gasteiger partial charge in [0, 0.05) is 0 Å². The van der Waals surface area contributed by atoms with Crippen molar-refractivity contribution in [2.24, 2.45) is 5.92 Å². The molecule has 0 saturated heterocycles. The van der Waals surface area contributed by atoms with Crippen LogP contribution in [0.25, 0.3) is 0 Å². The summed E-state index contributed by atoms with van der Waals surface area (Å²) in [6, 6.07) is 0. The summed E-state index contributed by atoms with van der Waals surface area (Å²) in [6.07, 6.45) is -0.426. The SMILES string of the molecule is CC(C)[C@@H](O)[C@@H](C)O[Si](C)(C)C(C)(C)C. The van der Waals surface area contributed by atoms with Crippen LogP contribution < -0.4 is 0 Å². The van der Waals surface area contributed by atoms with E-state index in [0.29, 0.717) is 0 Å². The average molecular weight is 232 g/mol. The van der Waals surface area contributed by atoms with Crippen LogP contribution in [-0.2, 0) is 4.43 Å². The Hall–Kier alpha value is 0.137. The second kappa shape index (κ2) is 4.98. The molecule has 0 radical (unpaired) electrons. The van der Waals surface area contributed by atoms with Crippen LogP contribution in [-0.4, -0.2) is 25.6 Å². The second-order valence-electron chi connectivity index (χ2n) is 6.32. The van der Waals surface area contributed by atoms with Crippen LogP contribution in [0.2, 0.25) is 18.1 Å². The van der Waals surface area contributed by atoms with Gasteiger partial charge in [-0.2, -0.15) is 0 Å². The maximum Gasteiger partial charge on any atom is 0.192 e. The van der Waals surface area contributed by atoms with Gasteiger partial charge >= 0.3 is 0 Å². The molecule has 1 N–H and O–H groups in total. The van der Waals surface area contributed by atoms with E-state index in [1.165, 1.54) is 0 Å². The molecule has 0 amide bonds.